The summed E-state index contributed by atoms with van der Waals surface area (Å²) in [5.74, 6) is 1.85. The van der Waals surface area contributed by atoms with Gasteiger partial charge in [-0.1, -0.05) is 0 Å². The van der Waals surface area contributed by atoms with E-state index in [0.29, 0.717) is 31.0 Å². The molecule has 2 N–H and O–H groups in total. The summed E-state index contributed by atoms with van der Waals surface area (Å²) in [6, 6.07) is 2.54. The lowest BCUT2D eigenvalue weighted by molar-refractivity contribution is 0.217. The van der Waals surface area contributed by atoms with Crippen molar-refractivity contribution < 1.29 is 13.2 Å². The van der Waals surface area contributed by atoms with Crippen LogP contribution in [0.2, 0.25) is 0 Å². The van der Waals surface area contributed by atoms with E-state index in [1.165, 1.54) is 18.2 Å². The minimum atomic E-state index is -3.08. The minimum absolute atomic E-state index is 0.472. The molecule has 0 spiro atoms. The lowest BCUT2D eigenvalue weighted by Gasteiger charge is -2.27. The molecule has 2 aliphatic rings. The van der Waals surface area contributed by atoms with Crippen molar-refractivity contribution in [1.29, 1.82) is 0 Å². The first-order valence-corrected chi connectivity index (χ1v) is 9.66. The molecule has 2 heterocycles. The lowest BCUT2D eigenvalue weighted by Crippen LogP contribution is -2.46. The Morgan fingerprint density at radius 1 is 1.45 bits per heavy atom. The maximum atomic E-state index is 11.0. The van der Waals surface area contributed by atoms with Gasteiger partial charge in [-0.3, -0.25) is 4.98 Å². The Kier molecular flexibility index (Phi) is 4.65. The molecule has 0 unspecified atom stereocenters. The zero-order valence-electron chi connectivity index (χ0n) is 12.8. The van der Waals surface area contributed by atoms with Crippen LogP contribution < -0.4 is 14.8 Å². The molecule has 1 saturated heterocycles. The second-order valence-electron chi connectivity index (χ2n) is 6.26. The Labute approximate surface area is 131 Å². The molecular formula is C15H23N3O3S. The molecule has 1 aliphatic carbocycles. The molecule has 0 radical (unpaired) electrons. The van der Waals surface area contributed by atoms with E-state index in [9.17, 15) is 8.42 Å². The third-order valence-corrected chi connectivity index (χ3v) is 5.07. The van der Waals surface area contributed by atoms with E-state index in [2.05, 4.69) is 21.1 Å². The van der Waals surface area contributed by atoms with E-state index in [1.807, 2.05) is 6.20 Å². The molecule has 0 bridgehead atoms. The number of sulfonamides is 1. The minimum Gasteiger partial charge on any atom is -0.490 e. The van der Waals surface area contributed by atoms with Gasteiger partial charge in [-0.25, -0.2) is 13.1 Å². The summed E-state index contributed by atoms with van der Waals surface area (Å²) in [6.07, 6.45) is 7.98. The summed E-state index contributed by atoms with van der Waals surface area (Å²) in [7, 11) is -3.08. The van der Waals surface area contributed by atoms with Gasteiger partial charge in [-0.15, -0.1) is 0 Å². The van der Waals surface area contributed by atoms with Crippen molar-refractivity contribution in [2.75, 3.05) is 26.0 Å². The first-order valence-electron chi connectivity index (χ1n) is 7.77. The standard InChI is InChI=1S/C15H23N3O3S/c1-22(19,20)18-5-2-11-7-15(11)12-6-14(9-16-8-12)21-10-13-3-4-17-13/h6,8-9,11,13,15,17-18H,2-5,7,10H2,1H3/t11-,13+,15+/m1/s1. The number of aromatic nitrogens is 1. The number of pyridine rings is 1. The average molecular weight is 325 g/mol. The van der Waals surface area contributed by atoms with Gasteiger partial charge in [0.15, 0.2) is 0 Å². The fourth-order valence-corrected chi connectivity index (χ4v) is 3.30. The van der Waals surface area contributed by atoms with Crippen LogP contribution in [0.25, 0.3) is 0 Å². The van der Waals surface area contributed by atoms with Gasteiger partial charge in [0.05, 0.1) is 12.5 Å². The first kappa shape index (κ1) is 15.7. The van der Waals surface area contributed by atoms with Crippen molar-refractivity contribution in [3.05, 3.63) is 24.0 Å². The van der Waals surface area contributed by atoms with Crippen molar-refractivity contribution in [1.82, 2.24) is 15.0 Å². The van der Waals surface area contributed by atoms with Gasteiger partial charge in [0.1, 0.15) is 12.4 Å². The number of hydrogen-bond donors (Lipinski definition) is 2. The molecule has 0 amide bonds. The predicted octanol–water partition coefficient (Wildman–Crippen LogP) is 0.865. The molecule has 22 heavy (non-hydrogen) atoms. The number of rotatable bonds is 8. The fraction of sp³-hybridized carbons (Fsp3) is 0.667. The maximum Gasteiger partial charge on any atom is 0.208 e. The molecule has 3 atom stereocenters. The lowest BCUT2D eigenvalue weighted by atomic mass is 10.1. The van der Waals surface area contributed by atoms with Gasteiger partial charge in [-0.05, 0) is 49.3 Å². The quantitative estimate of drug-likeness (QED) is 0.741. The second kappa shape index (κ2) is 6.52. The van der Waals surface area contributed by atoms with E-state index < -0.39 is 10.0 Å². The average Bonchev–Trinajstić information content (AvgIpc) is 3.15. The Hall–Kier alpha value is -1.18. The van der Waals surface area contributed by atoms with Crippen LogP contribution >= 0.6 is 0 Å². The van der Waals surface area contributed by atoms with Gasteiger partial charge in [0.2, 0.25) is 10.0 Å². The van der Waals surface area contributed by atoms with Gasteiger partial charge in [0.25, 0.3) is 0 Å². The highest BCUT2D eigenvalue weighted by atomic mass is 32.2. The van der Waals surface area contributed by atoms with E-state index in [0.717, 1.165) is 25.1 Å². The number of nitrogens with zero attached hydrogens (tertiary/aromatic N) is 1. The Bertz CT molecular complexity index is 616. The molecule has 6 nitrogen and oxygen atoms in total. The van der Waals surface area contributed by atoms with Crippen LogP contribution in [-0.4, -0.2) is 45.4 Å². The van der Waals surface area contributed by atoms with Crippen LogP contribution in [0.15, 0.2) is 18.5 Å². The molecule has 7 heteroatoms. The smallest absolute Gasteiger partial charge is 0.208 e. The molecular weight excluding hydrogens is 302 g/mol. The van der Waals surface area contributed by atoms with E-state index in [1.54, 1.807) is 6.20 Å². The summed E-state index contributed by atoms with van der Waals surface area (Å²) in [6.45, 7) is 2.28. The zero-order valence-corrected chi connectivity index (χ0v) is 13.6. The monoisotopic (exact) mass is 325 g/mol. The molecule has 1 aromatic heterocycles. The molecule has 1 aromatic rings. The topological polar surface area (TPSA) is 80.3 Å². The van der Waals surface area contributed by atoms with Crippen LogP contribution in [0.3, 0.4) is 0 Å². The van der Waals surface area contributed by atoms with Crippen LogP contribution in [-0.2, 0) is 10.0 Å². The normalized spacial score (nSPS) is 27.2. The third-order valence-electron chi connectivity index (χ3n) is 4.34. The van der Waals surface area contributed by atoms with Gasteiger partial charge < -0.3 is 10.1 Å². The predicted molar refractivity (Wildman–Crippen MR) is 84.5 cm³/mol. The third kappa shape index (κ3) is 4.41. The number of hydrogen-bond acceptors (Lipinski definition) is 5. The molecule has 1 saturated carbocycles. The second-order valence-corrected chi connectivity index (χ2v) is 8.10. The maximum absolute atomic E-state index is 11.0. The van der Waals surface area contributed by atoms with Crippen molar-refractivity contribution in [2.24, 2.45) is 5.92 Å². The Morgan fingerprint density at radius 2 is 2.27 bits per heavy atom. The van der Waals surface area contributed by atoms with Crippen LogP contribution in [0.1, 0.15) is 30.7 Å². The number of nitrogens with one attached hydrogen (secondary N) is 2. The first-order chi connectivity index (χ1) is 10.5. The Morgan fingerprint density at radius 3 is 2.95 bits per heavy atom. The van der Waals surface area contributed by atoms with Crippen LogP contribution in [0.4, 0.5) is 0 Å². The SMILES string of the molecule is CS(=O)(=O)NCC[C@@H]1C[C@@H]1c1cncc(OC[C@@H]2CCN2)c1. The fourth-order valence-electron chi connectivity index (χ4n) is 2.81. The highest BCUT2D eigenvalue weighted by Gasteiger charge is 2.38. The van der Waals surface area contributed by atoms with Gasteiger partial charge in [-0.2, -0.15) is 0 Å². The van der Waals surface area contributed by atoms with Crippen molar-refractivity contribution >= 4 is 10.0 Å². The summed E-state index contributed by atoms with van der Waals surface area (Å²) >= 11 is 0. The molecule has 1 aliphatic heterocycles. The molecule has 3 rings (SSSR count). The van der Waals surface area contributed by atoms with E-state index in [-0.39, 0.29) is 0 Å². The van der Waals surface area contributed by atoms with E-state index in [4.69, 9.17) is 4.74 Å². The highest BCUT2D eigenvalue weighted by Crippen LogP contribution is 2.49. The summed E-state index contributed by atoms with van der Waals surface area (Å²) in [4.78, 5) is 4.26. The van der Waals surface area contributed by atoms with Gasteiger partial charge in [0, 0.05) is 18.8 Å². The molecule has 122 valence electrons. The largest absolute Gasteiger partial charge is 0.490 e. The molecule has 0 aromatic carbocycles. The number of ether oxygens (including phenoxy) is 1. The van der Waals surface area contributed by atoms with Crippen LogP contribution in [0, 0.1) is 5.92 Å². The van der Waals surface area contributed by atoms with Gasteiger partial charge >= 0.3 is 0 Å². The van der Waals surface area contributed by atoms with Crippen LogP contribution in [0.5, 0.6) is 5.75 Å². The van der Waals surface area contributed by atoms with Crippen molar-refractivity contribution in [3.63, 3.8) is 0 Å². The summed E-state index contributed by atoms with van der Waals surface area (Å²) < 4.78 is 30.4. The van der Waals surface area contributed by atoms with Crippen molar-refractivity contribution in [3.8, 4) is 5.75 Å². The summed E-state index contributed by atoms with van der Waals surface area (Å²) in [5, 5.41) is 3.31. The van der Waals surface area contributed by atoms with E-state index >= 15 is 0 Å². The molecule has 2 fully saturated rings. The summed E-state index contributed by atoms with van der Waals surface area (Å²) in [5.41, 5.74) is 1.20. The highest BCUT2D eigenvalue weighted by molar-refractivity contribution is 7.88. The zero-order chi connectivity index (χ0) is 15.6. The van der Waals surface area contributed by atoms with Crippen molar-refractivity contribution in [2.45, 2.75) is 31.2 Å². The Balaban J connectivity index is 1.46.